The molecule has 0 amide bonds. The van der Waals surface area contributed by atoms with Gasteiger partial charge in [0.15, 0.2) is 0 Å². The Kier molecular flexibility index (Phi) is 4.15. The van der Waals surface area contributed by atoms with Crippen molar-refractivity contribution >= 4 is 17.3 Å². The fourth-order valence-corrected chi connectivity index (χ4v) is 2.64. The summed E-state index contributed by atoms with van der Waals surface area (Å²) in [6.45, 7) is 7.35. The number of piperazine rings is 1. The van der Waals surface area contributed by atoms with Gasteiger partial charge < -0.3 is 15.5 Å². The maximum Gasteiger partial charge on any atom is 0.0642 e. The first kappa shape index (κ1) is 13.7. The van der Waals surface area contributed by atoms with Crippen LogP contribution in [0.25, 0.3) is 0 Å². The molecule has 1 aromatic carbocycles. The van der Waals surface area contributed by atoms with Gasteiger partial charge in [-0.2, -0.15) is 0 Å². The topological polar surface area (TPSA) is 32.5 Å². The van der Waals surface area contributed by atoms with Crippen LogP contribution >= 0.6 is 11.6 Å². The quantitative estimate of drug-likeness (QED) is 0.894. The summed E-state index contributed by atoms with van der Waals surface area (Å²) in [5.74, 6) is 0. The van der Waals surface area contributed by atoms with E-state index in [1.165, 1.54) is 0 Å². The van der Waals surface area contributed by atoms with E-state index in [-0.39, 0.29) is 6.04 Å². The molecule has 1 heterocycles. The second kappa shape index (κ2) is 5.47. The van der Waals surface area contributed by atoms with Crippen LogP contribution in [-0.4, -0.2) is 37.6 Å². The Morgan fingerprint density at radius 1 is 1.39 bits per heavy atom. The fourth-order valence-electron chi connectivity index (χ4n) is 2.33. The summed E-state index contributed by atoms with van der Waals surface area (Å²) in [5, 5.41) is 0.807. The molecule has 0 aliphatic carbocycles. The van der Waals surface area contributed by atoms with Crippen LogP contribution < -0.4 is 10.6 Å². The number of benzene rings is 1. The Morgan fingerprint density at radius 2 is 2.11 bits per heavy atom. The number of nitrogens with two attached hydrogens (primary N) is 1. The molecule has 1 aliphatic rings. The lowest BCUT2D eigenvalue weighted by atomic mass is 10.1. The first-order valence-corrected chi connectivity index (χ1v) is 6.87. The number of hydrogen-bond acceptors (Lipinski definition) is 3. The maximum atomic E-state index is 6.38. The third-order valence-corrected chi connectivity index (χ3v) is 4.10. The summed E-state index contributed by atoms with van der Waals surface area (Å²) in [6.07, 6.45) is 0. The minimum Gasteiger partial charge on any atom is -0.367 e. The molecule has 0 bridgehead atoms. The molecule has 1 aromatic rings. The lowest BCUT2D eigenvalue weighted by Gasteiger charge is -2.39. The summed E-state index contributed by atoms with van der Waals surface area (Å²) in [5.41, 5.74) is 8.09. The minimum absolute atomic E-state index is 0.0305. The van der Waals surface area contributed by atoms with Crippen molar-refractivity contribution in [2.45, 2.75) is 25.9 Å². The molecular formula is C14H22ClN3. The third-order valence-electron chi connectivity index (χ3n) is 3.80. The average Bonchev–Trinajstić information content (AvgIpc) is 2.32. The number of hydrogen-bond donors (Lipinski definition) is 1. The normalized spacial score (nSPS) is 23.2. The van der Waals surface area contributed by atoms with Crippen LogP contribution in [0.3, 0.4) is 0 Å². The van der Waals surface area contributed by atoms with E-state index in [1.54, 1.807) is 0 Å². The van der Waals surface area contributed by atoms with Crippen LogP contribution in [0.1, 0.15) is 25.5 Å². The van der Waals surface area contributed by atoms with Crippen molar-refractivity contribution in [3.63, 3.8) is 0 Å². The summed E-state index contributed by atoms with van der Waals surface area (Å²) in [6, 6.07) is 6.75. The molecule has 2 unspecified atom stereocenters. The first-order chi connectivity index (χ1) is 8.49. The SMILES string of the molecule is CC(N)c1ccc(N2CCN(C)C(C)C2)c(Cl)c1. The van der Waals surface area contributed by atoms with Gasteiger partial charge in [0.05, 0.1) is 10.7 Å². The molecule has 4 heteroatoms. The van der Waals surface area contributed by atoms with Crippen molar-refractivity contribution in [1.82, 2.24) is 4.90 Å². The van der Waals surface area contributed by atoms with Gasteiger partial charge in [0, 0.05) is 31.7 Å². The van der Waals surface area contributed by atoms with E-state index in [0.717, 1.165) is 35.9 Å². The molecule has 0 radical (unpaired) electrons. The molecule has 100 valence electrons. The fraction of sp³-hybridized carbons (Fsp3) is 0.571. The highest BCUT2D eigenvalue weighted by atomic mass is 35.5. The van der Waals surface area contributed by atoms with Gasteiger partial charge in [-0.15, -0.1) is 0 Å². The van der Waals surface area contributed by atoms with E-state index in [9.17, 15) is 0 Å². The summed E-state index contributed by atoms with van der Waals surface area (Å²) in [7, 11) is 2.17. The molecule has 3 nitrogen and oxygen atoms in total. The van der Waals surface area contributed by atoms with E-state index in [0.29, 0.717) is 6.04 Å². The van der Waals surface area contributed by atoms with Gasteiger partial charge in [-0.25, -0.2) is 0 Å². The molecule has 2 N–H and O–H groups in total. The van der Waals surface area contributed by atoms with Crippen molar-refractivity contribution in [2.75, 3.05) is 31.6 Å². The molecule has 0 spiro atoms. The van der Waals surface area contributed by atoms with Gasteiger partial charge in [0.25, 0.3) is 0 Å². The van der Waals surface area contributed by atoms with Gasteiger partial charge in [0.1, 0.15) is 0 Å². The van der Waals surface area contributed by atoms with Crippen molar-refractivity contribution in [2.24, 2.45) is 5.73 Å². The predicted molar refractivity (Wildman–Crippen MR) is 78.4 cm³/mol. The molecule has 18 heavy (non-hydrogen) atoms. The lowest BCUT2D eigenvalue weighted by molar-refractivity contribution is 0.234. The van der Waals surface area contributed by atoms with Crippen molar-refractivity contribution in [1.29, 1.82) is 0 Å². The molecular weight excluding hydrogens is 246 g/mol. The largest absolute Gasteiger partial charge is 0.367 e. The van der Waals surface area contributed by atoms with Crippen molar-refractivity contribution in [3.05, 3.63) is 28.8 Å². The molecule has 1 aliphatic heterocycles. The van der Waals surface area contributed by atoms with Crippen LogP contribution in [0.4, 0.5) is 5.69 Å². The highest BCUT2D eigenvalue weighted by Crippen LogP contribution is 2.29. The van der Waals surface area contributed by atoms with Gasteiger partial charge in [-0.3, -0.25) is 0 Å². The zero-order valence-corrected chi connectivity index (χ0v) is 12.1. The lowest BCUT2D eigenvalue weighted by Crippen LogP contribution is -2.50. The van der Waals surface area contributed by atoms with E-state index in [1.807, 2.05) is 13.0 Å². The van der Waals surface area contributed by atoms with Gasteiger partial charge in [-0.05, 0) is 38.6 Å². The van der Waals surface area contributed by atoms with E-state index >= 15 is 0 Å². The smallest absolute Gasteiger partial charge is 0.0642 e. The number of anilines is 1. The second-order valence-corrected chi connectivity index (χ2v) is 5.68. The van der Waals surface area contributed by atoms with Crippen LogP contribution in [0.2, 0.25) is 5.02 Å². The van der Waals surface area contributed by atoms with Crippen LogP contribution in [0.5, 0.6) is 0 Å². The van der Waals surface area contributed by atoms with Crippen molar-refractivity contribution in [3.8, 4) is 0 Å². The Bertz CT molecular complexity index is 420. The average molecular weight is 268 g/mol. The minimum atomic E-state index is 0.0305. The van der Waals surface area contributed by atoms with Crippen LogP contribution in [0, 0.1) is 0 Å². The molecule has 1 fully saturated rings. The van der Waals surface area contributed by atoms with Gasteiger partial charge in [0.2, 0.25) is 0 Å². The standard InChI is InChI=1S/C14H22ClN3/c1-10-9-18(7-6-17(10)3)14-5-4-12(11(2)16)8-13(14)15/h4-5,8,10-11H,6-7,9,16H2,1-3H3. The van der Waals surface area contributed by atoms with E-state index < -0.39 is 0 Å². The first-order valence-electron chi connectivity index (χ1n) is 6.49. The van der Waals surface area contributed by atoms with Crippen LogP contribution in [-0.2, 0) is 0 Å². The summed E-state index contributed by atoms with van der Waals surface area (Å²) >= 11 is 6.38. The highest BCUT2D eigenvalue weighted by molar-refractivity contribution is 6.33. The Labute approximate surface area is 115 Å². The molecule has 1 saturated heterocycles. The Hall–Kier alpha value is -0.770. The van der Waals surface area contributed by atoms with E-state index in [2.05, 4.69) is 35.9 Å². The molecule has 2 rings (SSSR count). The maximum absolute atomic E-state index is 6.38. The second-order valence-electron chi connectivity index (χ2n) is 5.28. The number of halogens is 1. The monoisotopic (exact) mass is 267 g/mol. The molecule has 0 saturated carbocycles. The molecule has 2 atom stereocenters. The number of rotatable bonds is 2. The van der Waals surface area contributed by atoms with Gasteiger partial charge in [-0.1, -0.05) is 17.7 Å². The summed E-state index contributed by atoms with van der Waals surface area (Å²) in [4.78, 5) is 4.73. The van der Waals surface area contributed by atoms with E-state index in [4.69, 9.17) is 17.3 Å². The van der Waals surface area contributed by atoms with Crippen LogP contribution in [0.15, 0.2) is 18.2 Å². The number of nitrogens with zero attached hydrogens (tertiary/aromatic N) is 2. The number of likely N-dealkylation sites (N-methyl/N-ethyl adjacent to an activating group) is 1. The third kappa shape index (κ3) is 2.79. The zero-order valence-electron chi connectivity index (χ0n) is 11.4. The highest BCUT2D eigenvalue weighted by Gasteiger charge is 2.22. The predicted octanol–water partition coefficient (Wildman–Crippen LogP) is 2.50. The van der Waals surface area contributed by atoms with Gasteiger partial charge >= 0.3 is 0 Å². The Morgan fingerprint density at radius 3 is 2.67 bits per heavy atom. The Balaban J connectivity index is 2.19. The summed E-state index contributed by atoms with van der Waals surface area (Å²) < 4.78 is 0. The zero-order chi connectivity index (χ0) is 13.3. The van der Waals surface area contributed by atoms with Crippen molar-refractivity contribution < 1.29 is 0 Å². The molecule has 0 aromatic heterocycles.